The molecule has 1 aliphatic heterocycles. The van der Waals surface area contributed by atoms with Crippen LogP contribution >= 0.6 is 11.6 Å². The minimum absolute atomic E-state index is 0.0130. The summed E-state index contributed by atoms with van der Waals surface area (Å²) < 4.78 is 0. The number of nitrogens with zero attached hydrogens (tertiary/aromatic N) is 1. The van der Waals surface area contributed by atoms with E-state index in [0.29, 0.717) is 5.92 Å². The first-order chi connectivity index (χ1) is 10.1. The molecule has 0 bridgehead atoms. The number of hydrogen-bond donors (Lipinski definition) is 1. The van der Waals surface area contributed by atoms with Crippen LogP contribution in [0.2, 0.25) is 5.02 Å². The van der Waals surface area contributed by atoms with E-state index < -0.39 is 0 Å². The highest BCUT2D eigenvalue weighted by Gasteiger charge is 2.41. The Kier molecular flexibility index (Phi) is 4.23. The summed E-state index contributed by atoms with van der Waals surface area (Å²) in [6, 6.07) is 7.74. The number of carbonyl (C=O) groups is 1. The highest BCUT2D eigenvalue weighted by Crippen LogP contribution is 2.35. The van der Waals surface area contributed by atoms with Crippen LogP contribution in [0.5, 0.6) is 0 Å². The van der Waals surface area contributed by atoms with E-state index in [1.807, 2.05) is 29.2 Å². The average molecular weight is 307 g/mol. The topological polar surface area (TPSA) is 32.3 Å². The van der Waals surface area contributed by atoms with Gasteiger partial charge >= 0.3 is 0 Å². The van der Waals surface area contributed by atoms with Crippen molar-refractivity contribution in [3.63, 3.8) is 0 Å². The molecule has 1 saturated carbocycles. The summed E-state index contributed by atoms with van der Waals surface area (Å²) in [4.78, 5) is 14.7. The van der Waals surface area contributed by atoms with Crippen molar-refractivity contribution in [1.82, 2.24) is 10.2 Å². The molecule has 0 radical (unpaired) electrons. The lowest BCUT2D eigenvalue weighted by atomic mass is 10.0. The van der Waals surface area contributed by atoms with E-state index in [1.54, 1.807) is 0 Å². The second-order valence-electron chi connectivity index (χ2n) is 6.61. The lowest BCUT2D eigenvalue weighted by molar-refractivity contribution is -0.130. The van der Waals surface area contributed by atoms with Crippen molar-refractivity contribution < 1.29 is 4.79 Å². The van der Waals surface area contributed by atoms with Crippen LogP contribution in [0.4, 0.5) is 0 Å². The van der Waals surface area contributed by atoms with Crippen molar-refractivity contribution in [3.05, 3.63) is 34.9 Å². The minimum atomic E-state index is -0.0788. The van der Waals surface area contributed by atoms with Gasteiger partial charge in [0.25, 0.3) is 0 Å². The number of hydrogen-bond acceptors (Lipinski definition) is 2. The molecule has 1 saturated heterocycles. The van der Waals surface area contributed by atoms with Gasteiger partial charge in [0, 0.05) is 11.6 Å². The Morgan fingerprint density at radius 3 is 2.52 bits per heavy atom. The first-order valence-electron chi connectivity index (χ1n) is 7.88. The van der Waals surface area contributed by atoms with E-state index in [0.717, 1.165) is 29.5 Å². The smallest absolute Gasteiger partial charge is 0.241 e. The Hall–Kier alpha value is -1.06. The van der Waals surface area contributed by atoms with Crippen LogP contribution in [0.25, 0.3) is 0 Å². The van der Waals surface area contributed by atoms with E-state index in [-0.39, 0.29) is 18.1 Å². The third-order valence-electron chi connectivity index (χ3n) is 4.53. The summed E-state index contributed by atoms with van der Waals surface area (Å²) in [6.07, 6.45) is 3.77. The van der Waals surface area contributed by atoms with E-state index in [4.69, 9.17) is 11.6 Å². The molecule has 2 aliphatic rings. The van der Waals surface area contributed by atoms with Crippen LogP contribution in [0.15, 0.2) is 24.3 Å². The summed E-state index contributed by atoms with van der Waals surface area (Å²) in [6.45, 7) is 5.05. The van der Waals surface area contributed by atoms with Crippen LogP contribution in [0.1, 0.15) is 44.8 Å². The van der Waals surface area contributed by atoms with E-state index in [1.165, 1.54) is 12.8 Å². The number of nitrogens with one attached hydrogen (secondary N) is 1. The van der Waals surface area contributed by atoms with Gasteiger partial charge in [0.05, 0.1) is 6.04 Å². The Morgan fingerprint density at radius 1 is 1.29 bits per heavy atom. The van der Waals surface area contributed by atoms with Crippen LogP contribution in [-0.4, -0.2) is 23.4 Å². The summed E-state index contributed by atoms with van der Waals surface area (Å²) in [7, 11) is 0. The molecule has 1 heterocycles. The highest BCUT2D eigenvalue weighted by molar-refractivity contribution is 6.30. The van der Waals surface area contributed by atoms with Gasteiger partial charge in [-0.25, -0.2) is 0 Å². The van der Waals surface area contributed by atoms with E-state index in [2.05, 4.69) is 19.2 Å². The van der Waals surface area contributed by atoms with Gasteiger partial charge in [-0.3, -0.25) is 10.1 Å². The van der Waals surface area contributed by atoms with Crippen molar-refractivity contribution in [2.24, 2.45) is 11.8 Å². The third kappa shape index (κ3) is 3.24. The van der Waals surface area contributed by atoms with Gasteiger partial charge in [0.15, 0.2) is 0 Å². The van der Waals surface area contributed by atoms with Crippen molar-refractivity contribution >= 4 is 17.5 Å². The minimum Gasteiger partial charge on any atom is -0.322 e. The number of benzene rings is 1. The van der Waals surface area contributed by atoms with Gasteiger partial charge in [-0.1, -0.05) is 50.4 Å². The SMILES string of the molecule is CC(C)C1NC(c2ccc(Cl)cc2)N(CCC2CC2)C1=O. The predicted molar refractivity (Wildman–Crippen MR) is 85.0 cm³/mol. The molecular weight excluding hydrogens is 284 g/mol. The normalized spacial score (nSPS) is 25.9. The van der Waals surface area contributed by atoms with Gasteiger partial charge in [-0.15, -0.1) is 0 Å². The third-order valence-corrected chi connectivity index (χ3v) is 4.78. The first kappa shape index (κ1) is 14.9. The molecule has 4 heteroatoms. The molecule has 2 unspecified atom stereocenters. The molecule has 0 aromatic heterocycles. The zero-order chi connectivity index (χ0) is 15.0. The molecule has 1 N–H and O–H groups in total. The fourth-order valence-corrected chi connectivity index (χ4v) is 3.13. The Morgan fingerprint density at radius 2 is 1.95 bits per heavy atom. The van der Waals surface area contributed by atoms with Gasteiger partial charge in [-0.2, -0.15) is 0 Å². The van der Waals surface area contributed by atoms with Gasteiger partial charge in [0.1, 0.15) is 6.17 Å². The molecule has 1 amide bonds. The fourth-order valence-electron chi connectivity index (χ4n) is 3.00. The number of rotatable bonds is 5. The van der Waals surface area contributed by atoms with Crippen molar-refractivity contribution in [3.8, 4) is 0 Å². The number of halogens is 1. The molecule has 114 valence electrons. The maximum atomic E-state index is 12.7. The van der Waals surface area contributed by atoms with Crippen LogP contribution in [-0.2, 0) is 4.79 Å². The molecule has 2 atom stereocenters. The zero-order valence-corrected chi connectivity index (χ0v) is 13.4. The van der Waals surface area contributed by atoms with E-state index >= 15 is 0 Å². The molecular formula is C17H23ClN2O. The maximum Gasteiger partial charge on any atom is 0.241 e. The molecule has 1 aromatic rings. The Labute approximate surface area is 131 Å². The number of carbonyl (C=O) groups excluding carboxylic acids is 1. The Bertz CT molecular complexity index is 510. The van der Waals surface area contributed by atoms with Crippen LogP contribution in [0, 0.1) is 11.8 Å². The molecule has 3 rings (SSSR count). The van der Waals surface area contributed by atoms with Gasteiger partial charge in [0.2, 0.25) is 5.91 Å². The predicted octanol–water partition coefficient (Wildman–Crippen LogP) is 3.60. The molecule has 2 fully saturated rings. The quantitative estimate of drug-likeness (QED) is 0.901. The molecule has 0 spiro atoms. The Balaban J connectivity index is 1.80. The average Bonchev–Trinajstić information content (AvgIpc) is 3.21. The standard InChI is InChI=1S/C17H23ClN2O/c1-11(2)15-17(21)20(10-9-12-3-4-12)16(19-15)13-5-7-14(18)8-6-13/h5-8,11-12,15-16,19H,3-4,9-10H2,1-2H3. The van der Waals surface area contributed by atoms with Crippen molar-refractivity contribution in [1.29, 1.82) is 0 Å². The number of amides is 1. The highest BCUT2D eigenvalue weighted by atomic mass is 35.5. The van der Waals surface area contributed by atoms with Crippen molar-refractivity contribution in [2.75, 3.05) is 6.54 Å². The largest absolute Gasteiger partial charge is 0.322 e. The molecule has 21 heavy (non-hydrogen) atoms. The summed E-state index contributed by atoms with van der Waals surface area (Å²) in [5.74, 6) is 1.38. The lowest BCUT2D eigenvalue weighted by Gasteiger charge is -2.24. The summed E-state index contributed by atoms with van der Waals surface area (Å²) >= 11 is 5.97. The van der Waals surface area contributed by atoms with Crippen LogP contribution in [0.3, 0.4) is 0 Å². The van der Waals surface area contributed by atoms with Crippen molar-refractivity contribution in [2.45, 2.75) is 45.3 Å². The lowest BCUT2D eigenvalue weighted by Crippen LogP contribution is -2.35. The van der Waals surface area contributed by atoms with Gasteiger partial charge in [-0.05, 0) is 36.0 Å². The monoisotopic (exact) mass is 306 g/mol. The maximum absolute atomic E-state index is 12.7. The van der Waals surface area contributed by atoms with E-state index in [9.17, 15) is 4.79 Å². The second-order valence-corrected chi connectivity index (χ2v) is 7.04. The molecule has 1 aliphatic carbocycles. The molecule has 1 aromatic carbocycles. The second kappa shape index (κ2) is 5.98. The van der Waals surface area contributed by atoms with Gasteiger partial charge < -0.3 is 4.90 Å². The fraction of sp³-hybridized carbons (Fsp3) is 0.588. The molecule has 3 nitrogen and oxygen atoms in total. The first-order valence-corrected chi connectivity index (χ1v) is 8.26. The zero-order valence-electron chi connectivity index (χ0n) is 12.7. The summed E-state index contributed by atoms with van der Waals surface area (Å²) in [5, 5.41) is 4.23. The van der Waals surface area contributed by atoms with Crippen LogP contribution < -0.4 is 5.32 Å². The summed E-state index contributed by atoms with van der Waals surface area (Å²) in [5.41, 5.74) is 1.12.